The summed E-state index contributed by atoms with van der Waals surface area (Å²) in [6, 6.07) is 0. The maximum Gasteiger partial charge on any atom is 0.0534 e. The Morgan fingerprint density at radius 3 is 3.23 bits per heavy atom. The third-order valence-corrected chi connectivity index (χ3v) is 1.76. The van der Waals surface area contributed by atoms with Crippen molar-refractivity contribution in [3.05, 3.63) is 30.6 Å². The number of rotatable bonds is 6. The van der Waals surface area contributed by atoms with Gasteiger partial charge in [0.15, 0.2) is 0 Å². The molecule has 0 spiro atoms. The van der Waals surface area contributed by atoms with Gasteiger partial charge in [0, 0.05) is 31.4 Å². The van der Waals surface area contributed by atoms with E-state index in [-0.39, 0.29) is 0 Å². The zero-order valence-corrected chi connectivity index (χ0v) is 8.16. The van der Waals surface area contributed by atoms with E-state index in [0.717, 1.165) is 26.1 Å². The van der Waals surface area contributed by atoms with Crippen molar-refractivity contribution in [1.29, 1.82) is 0 Å². The van der Waals surface area contributed by atoms with Gasteiger partial charge in [-0.25, -0.2) is 0 Å². The number of aryl methyl sites for hydroxylation is 1. The summed E-state index contributed by atoms with van der Waals surface area (Å²) < 4.78 is 1.98. The second-order valence-corrected chi connectivity index (χ2v) is 3.03. The summed E-state index contributed by atoms with van der Waals surface area (Å²) in [6.07, 6.45) is 6.98. The lowest BCUT2D eigenvalue weighted by Crippen LogP contribution is -2.11. The molecule has 13 heavy (non-hydrogen) atoms. The van der Waals surface area contributed by atoms with Crippen molar-refractivity contribution in [3.63, 3.8) is 0 Å². The summed E-state index contributed by atoms with van der Waals surface area (Å²) in [5, 5.41) is 7.47. The summed E-state index contributed by atoms with van der Waals surface area (Å²) >= 11 is 0. The Balaban J connectivity index is 2.35. The second-order valence-electron chi connectivity index (χ2n) is 3.03. The minimum absolute atomic E-state index is 0.846. The third kappa shape index (κ3) is 3.42. The molecule has 0 aliphatic rings. The van der Waals surface area contributed by atoms with E-state index in [0.29, 0.717) is 0 Å². The fraction of sp³-hybridized carbons (Fsp3) is 0.500. The van der Waals surface area contributed by atoms with E-state index in [1.165, 1.54) is 5.56 Å². The quantitative estimate of drug-likeness (QED) is 0.530. The van der Waals surface area contributed by atoms with Crippen LogP contribution in [0, 0.1) is 0 Å². The van der Waals surface area contributed by atoms with Crippen LogP contribution in [0.1, 0.15) is 18.9 Å². The van der Waals surface area contributed by atoms with Crippen molar-refractivity contribution >= 4 is 0 Å². The molecule has 0 bridgehead atoms. The Kier molecular flexibility index (Phi) is 4.26. The summed E-state index contributed by atoms with van der Waals surface area (Å²) in [4.78, 5) is 0. The molecule has 0 aliphatic carbocycles. The van der Waals surface area contributed by atoms with Crippen LogP contribution in [0.15, 0.2) is 25.0 Å². The van der Waals surface area contributed by atoms with Crippen LogP contribution in [-0.4, -0.2) is 16.3 Å². The maximum atomic E-state index is 4.24. The van der Waals surface area contributed by atoms with Gasteiger partial charge in [0.25, 0.3) is 0 Å². The van der Waals surface area contributed by atoms with Crippen LogP contribution >= 0.6 is 0 Å². The van der Waals surface area contributed by atoms with Crippen LogP contribution in [0.3, 0.4) is 0 Å². The van der Waals surface area contributed by atoms with E-state index >= 15 is 0 Å². The smallest absolute Gasteiger partial charge is 0.0534 e. The SMILES string of the molecule is C=CCNCc1cnn(CCC)c1. The largest absolute Gasteiger partial charge is 0.309 e. The molecule has 3 heteroatoms. The van der Waals surface area contributed by atoms with Crippen LogP contribution in [-0.2, 0) is 13.1 Å². The molecular weight excluding hydrogens is 162 g/mol. The Hall–Kier alpha value is -1.09. The third-order valence-electron chi connectivity index (χ3n) is 1.76. The maximum absolute atomic E-state index is 4.24. The van der Waals surface area contributed by atoms with Crippen molar-refractivity contribution in [2.75, 3.05) is 6.54 Å². The van der Waals surface area contributed by atoms with E-state index in [1.54, 1.807) is 0 Å². The number of nitrogens with zero attached hydrogens (tertiary/aromatic N) is 2. The molecule has 0 amide bonds. The lowest BCUT2D eigenvalue weighted by atomic mass is 10.3. The van der Waals surface area contributed by atoms with Gasteiger partial charge in [0.05, 0.1) is 6.20 Å². The van der Waals surface area contributed by atoms with Crippen molar-refractivity contribution in [2.24, 2.45) is 0 Å². The van der Waals surface area contributed by atoms with Gasteiger partial charge in [-0.15, -0.1) is 6.58 Å². The van der Waals surface area contributed by atoms with Gasteiger partial charge in [-0.1, -0.05) is 13.0 Å². The molecular formula is C10H17N3. The van der Waals surface area contributed by atoms with Crippen LogP contribution in [0.2, 0.25) is 0 Å². The molecule has 1 aromatic rings. The first-order chi connectivity index (χ1) is 6.36. The molecule has 3 nitrogen and oxygen atoms in total. The van der Waals surface area contributed by atoms with E-state index in [9.17, 15) is 0 Å². The Labute approximate surface area is 79.5 Å². The minimum atomic E-state index is 0.846. The number of nitrogens with one attached hydrogen (secondary N) is 1. The van der Waals surface area contributed by atoms with Gasteiger partial charge in [-0.2, -0.15) is 5.10 Å². The first-order valence-corrected chi connectivity index (χ1v) is 4.69. The predicted molar refractivity (Wildman–Crippen MR) is 54.4 cm³/mol. The molecule has 0 aromatic carbocycles. The fourth-order valence-electron chi connectivity index (χ4n) is 1.17. The fourth-order valence-corrected chi connectivity index (χ4v) is 1.17. The highest BCUT2D eigenvalue weighted by Gasteiger charge is 1.95. The van der Waals surface area contributed by atoms with Crippen LogP contribution < -0.4 is 5.32 Å². The van der Waals surface area contributed by atoms with Gasteiger partial charge < -0.3 is 5.32 Å². The van der Waals surface area contributed by atoms with Crippen LogP contribution in [0.4, 0.5) is 0 Å². The lowest BCUT2D eigenvalue weighted by Gasteiger charge is -1.97. The Bertz CT molecular complexity index is 252. The number of hydrogen-bond acceptors (Lipinski definition) is 2. The Morgan fingerprint density at radius 1 is 1.69 bits per heavy atom. The monoisotopic (exact) mass is 179 g/mol. The molecule has 1 heterocycles. The predicted octanol–water partition coefficient (Wildman–Crippen LogP) is 1.57. The molecule has 0 atom stereocenters. The van der Waals surface area contributed by atoms with E-state index in [4.69, 9.17) is 0 Å². The molecule has 0 fully saturated rings. The Morgan fingerprint density at radius 2 is 2.54 bits per heavy atom. The van der Waals surface area contributed by atoms with Crippen LogP contribution in [0.5, 0.6) is 0 Å². The summed E-state index contributed by atoms with van der Waals surface area (Å²) in [6.45, 7) is 8.51. The first kappa shape index (κ1) is 9.99. The molecule has 72 valence electrons. The molecule has 0 radical (unpaired) electrons. The molecule has 0 unspecified atom stereocenters. The topological polar surface area (TPSA) is 29.9 Å². The summed E-state index contributed by atoms with van der Waals surface area (Å²) in [7, 11) is 0. The molecule has 1 aromatic heterocycles. The van der Waals surface area contributed by atoms with Crippen molar-refractivity contribution in [3.8, 4) is 0 Å². The normalized spacial score (nSPS) is 10.2. The summed E-state index contributed by atoms with van der Waals surface area (Å²) in [5.74, 6) is 0. The number of aromatic nitrogens is 2. The van der Waals surface area contributed by atoms with Crippen molar-refractivity contribution in [2.45, 2.75) is 26.4 Å². The first-order valence-electron chi connectivity index (χ1n) is 4.69. The average Bonchev–Trinajstić information content (AvgIpc) is 2.54. The highest BCUT2D eigenvalue weighted by atomic mass is 15.3. The van der Waals surface area contributed by atoms with Gasteiger partial charge >= 0.3 is 0 Å². The highest BCUT2D eigenvalue weighted by Crippen LogP contribution is 1.97. The molecule has 1 rings (SSSR count). The summed E-state index contributed by atoms with van der Waals surface area (Å²) in [5.41, 5.74) is 1.23. The molecule has 0 aliphatic heterocycles. The minimum Gasteiger partial charge on any atom is -0.309 e. The van der Waals surface area contributed by atoms with Crippen molar-refractivity contribution < 1.29 is 0 Å². The lowest BCUT2D eigenvalue weighted by molar-refractivity contribution is 0.601. The zero-order chi connectivity index (χ0) is 9.52. The van der Waals surface area contributed by atoms with Gasteiger partial charge in [-0.3, -0.25) is 4.68 Å². The average molecular weight is 179 g/mol. The number of hydrogen-bond donors (Lipinski definition) is 1. The molecule has 0 saturated heterocycles. The van der Waals surface area contributed by atoms with E-state index in [2.05, 4.69) is 30.1 Å². The van der Waals surface area contributed by atoms with Gasteiger partial charge in [0.2, 0.25) is 0 Å². The van der Waals surface area contributed by atoms with Crippen LogP contribution in [0.25, 0.3) is 0 Å². The van der Waals surface area contributed by atoms with E-state index < -0.39 is 0 Å². The molecule has 1 N–H and O–H groups in total. The molecule has 0 saturated carbocycles. The standard InChI is InChI=1S/C10H17N3/c1-3-5-11-7-10-8-12-13(9-10)6-4-2/h3,8-9,11H,1,4-7H2,2H3. The highest BCUT2D eigenvalue weighted by molar-refractivity contribution is 5.03. The second kappa shape index (κ2) is 5.54. The van der Waals surface area contributed by atoms with Gasteiger partial charge in [0.1, 0.15) is 0 Å². The van der Waals surface area contributed by atoms with Crippen molar-refractivity contribution in [1.82, 2.24) is 15.1 Å². The zero-order valence-electron chi connectivity index (χ0n) is 8.16. The van der Waals surface area contributed by atoms with E-state index in [1.807, 2.05) is 17.0 Å². The van der Waals surface area contributed by atoms with Gasteiger partial charge in [-0.05, 0) is 6.42 Å².